The zero-order valence-electron chi connectivity index (χ0n) is 13.2. The Labute approximate surface area is 152 Å². The third-order valence-electron chi connectivity index (χ3n) is 4.29. The van der Waals surface area contributed by atoms with Gasteiger partial charge in [0, 0.05) is 0 Å². The molecule has 23 heavy (non-hydrogen) atoms. The van der Waals surface area contributed by atoms with E-state index >= 15 is 0 Å². The van der Waals surface area contributed by atoms with E-state index in [0.29, 0.717) is 0 Å². The van der Waals surface area contributed by atoms with Crippen LogP contribution in [0.15, 0.2) is 42.5 Å². The molecule has 1 aromatic carbocycles. The maximum atomic E-state index is 11.2. The fourth-order valence-corrected chi connectivity index (χ4v) is 8.55. The second-order valence-electron chi connectivity index (χ2n) is 5.84. The summed E-state index contributed by atoms with van der Waals surface area (Å²) in [6.45, 7) is 3.42. The average Bonchev–Trinajstić information content (AvgIpc) is 2.92. The zero-order chi connectivity index (χ0) is 16.0. The number of hydrogen-bond donors (Lipinski definition) is 1. The van der Waals surface area contributed by atoms with Gasteiger partial charge in [-0.05, 0) is 0 Å². The van der Waals surface area contributed by atoms with Gasteiger partial charge in [-0.2, -0.15) is 0 Å². The first-order chi connectivity index (χ1) is 11.1. The molecule has 0 bridgehead atoms. The van der Waals surface area contributed by atoms with Gasteiger partial charge in [0.2, 0.25) is 0 Å². The number of nitrogens with one attached hydrogen (secondary N) is 1. The summed E-state index contributed by atoms with van der Waals surface area (Å²) in [5.74, 6) is -0.217. The van der Waals surface area contributed by atoms with Crippen LogP contribution in [0.5, 0.6) is 0 Å². The summed E-state index contributed by atoms with van der Waals surface area (Å²) in [6, 6.07) is 8.56. The van der Waals surface area contributed by atoms with Crippen LogP contribution in [0, 0.1) is 41.3 Å². The molecule has 1 aromatic heterocycles. The summed E-state index contributed by atoms with van der Waals surface area (Å²) >= 11 is -1.19. The van der Waals surface area contributed by atoms with Crippen LogP contribution in [0.25, 0.3) is 10.9 Å². The van der Waals surface area contributed by atoms with Gasteiger partial charge in [0.25, 0.3) is 0 Å². The maximum absolute atomic E-state index is 11.2. The molecule has 2 aromatic rings. The average molecular weight is 425 g/mol. The van der Waals surface area contributed by atoms with Crippen molar-refractivity contribution in [3.8, 4) is 0 Å². The number of para-hydroxylation sites is 1. The summed E-state index contributed by atoms with van der Waals surface area (Å²) in [6.07, 6.45) is 5.36. The first kappa shape index (κ1) is 15.7. The first-order valence-corrected chi connectivity index (χ1v) is 11.4. The number of benzene rings is 1. The van der Waals surface area contributed by atoms with Crippen LogP contribution >= 0.6 is 0 Å². The van der Waals surface area contributed by atoms with Crippen molar-refractivity contribution in [3.05, 3.63) is 53.8 Å². The van der Waals surface area contributed by atoms with E-state index in [2.05, 4.69) is 41.9 Å². The minimum absolute atomic E-state index is 0.150. The Morgan fingerprint density at radius 3 is 2.96 bits per heavy atom. The Bertz CT molecular complexity index is 901. The molecule has 3 nitrogen and oxygen atoms in total. The predicted octanol–water partition coefficient (Wildman–Crippen LogP) is 3.69. The zero-order valence-corrected chi connectivity index (χ0v) is 15.2. The number of carbonyl (C=O) groups is 1. The molecule has 1 N–H and O–H groups in total. The van der Waals surface area contributed by atoms with E-state index in [9.17, 15) is 4.79 Å². The van der Waals surface area contributed by atoms with Crippen molar-refractivity contribution in [2.45, 2.75) is 27.3 Å². The summed E-state index contributed by atoms with van der Waals surface area (Å²) in [5, 5.41) is 1.36. The Hall–Kier alpha value is -0.849. The van der Waals surface area contributed by atoms with Crippen LogP contribution in [0.3, 0.4) is 0 Å². The van der Waals surface area contributed by atoms with Crippen LogP contribution in [0.1, 0.15) is 25.1 Å². The normalized spacial score (nSPS) is 19.1. The summed E-state index contributed by atoms with van der Waals surface area (Å²) < 4.78 is 10.5. The molecular weight excluding hydrogens is 406 g/mol. The van der Waals surface area contributed by atoms with Gasteiger partial charge in [-0.1, -0.05) is 0 Å². The number of allylic oxidation sites excluding steroid dienone is 1. The van der Waals surface area contributed by atoms with Crippen LogP contribution in [-0.2, 0) is 16.0 Å². The molecule has 1 unspecified atom stereocenters. The number of fused-ring (bicyclic) bond motifs is 4. The molecule has 0 aliphatic carbocycles. The summed E-state index contributed by atoms with van der Waals surface area (Å²) in [7, 11) is 0. The molecule has 1 atom stereocenters. The number of H-pyrrole nitrogens is 1. The van der Waals surface area contributed by atoms with Gasteiger partial charge in [0.15, 0.2) is 0 Å². The van der Waals surface area contributed by atoms with Crippen LogP contribution < -0.4 is 0 Å². The fraction of sp³-hybridized carbons (Fsp3) is 0.263. The van der Waals surface area contributed by atoms with Gasteiger partial charge >= 0.3 is 154 Å². The van der Waals surface area contributed by atoms with E-state index < -0.39 is 41.3 Å². The van der Waals surface area contributed by atoms with Crippen molar-refractivity contribution < 1.29 is 50.8 Å². The van der Waals surface area contributed by atoms with E-state index in [0.717, 1.165) is 12.0 Å². The summed E-state index contributed by atoms with van der Waals surface area (Å²) in [5.41, 5.74) is 5.19. The SMILES string of the molecule is CC(=O)OC(C)C1=C[Xe]2=C(C=C1)c1[nH]c3ccccc3c1CC2. The van der Waals surface area contributed by atoms with Crippen molar-refractivity contribution in [2.24, 2.45) is 0 Å². The topological polar surface area (TPSA) is 42.1 Å². The van der Waals surface area contributed by atoms with Crippen molar-refractivity contribution in [1.82, 2.24) is 4.98 Å². The molecule has 3 heterocycles. The standard InChI is InChI=1S/C19H19NO2Xe/c1-12(22-13(2)21)14-7-8-18-19-16(9-10-23(18)11-14)15-5-3-4-6-17(15)20-19/h3-8,11-12,20H,9-10H2,1-2H3. The Kier molecular flexibility index (Phi) is 4.24. The number of esters is 1. The second-order valence-corrected chi connectivity index (χ2v) is 10.6. The van der Waals surface area contributed by atoms with Crippen molar-refractivity contribution in [1.29, 1.82) is 0 Å². The third kappa shape index (κ3) is 2.85. The van der Waals surface area contributed by atoms with E-state index in [-0.39, 0.29) is 12.1 Å². The summed E-state index contributed by atoms with van der Waals surface area (Å²) in [4.78, 5) is 14.8. The molecule has 0 radical (unpaired) electrons. The molecule has 0 saturated heterocycles. The van der Waals surface area contributed by atoms with Gasteiger partial charge in [-0.3, -0.25) is 0 Å². The van der Waals surface area contributed by atoms with Crippen LogP contribution in [0.2, 0.25) is 0.889 Å². The minimum atomic E-state index is -1.19. The number of aryl methyl sites for hydroxylation is 1. The second kappa shape index (κ2) is 6.22. The molecule has 0 spiro atoms. The number of hydrogen-bond acceptors (Lipinski definition) is 2. The molecule has 0 amide bonds. The molecule has 4 rings (SSSR count). The van der Waals surface area contributed by atoms with Gasteiger partial charge in [-0.25, -0.2) is 0 Å². The van der Waals surface area contributed by atoms with Gasteiger partial charge in [-0.15, -0.1) is 0 Å². The van der Waals surface area contributed by atoms with Crippen molar-refractivity contribution in [3.63, 3.8) is 0 Å². The van der Waals surface area contributed by atoms with E-state index in [1.54, 1.807) is 0 Å². The molecule has 0 fully saturated rings. The van der Waals surface area contributed by atoms with Crippen LogP contribution in [0.4, 0.5) is 0 Å². The molecule has 120 valence electrons. The van der Waals surface area contributed by atoms with Gasteiger partial charge in [0.05, 0.1) is 0 Å². The Morgan fingerprint density at radius 2 is 2.13 bits per heavy atom. The number of aromatic amines is 1. The van der Waals surface area contributed by atoms with E-state index in [1.165, 1.54) is 29.9 Å². The third-order valence-corrected chi connectivity index (χ3v) is 9.50. The van der Waals surface area contributed by atoms with Crippen molar-refractivity contribution in [2.75, 3.05) is 0 Å². The molecule has 0 saturated carbocycles. The number of ether oxygens (including phenoxy) is 1. The number of carbonyl (C=O) groups excluding carboxylic acids is 1. The van der Waals surface area contributed by atoms with E-state index in [1.807, 2.05) is 6.92 Å². The molecular formula is C19H19NO2Xe. The van der Waals surface area contributed by atoms with Gasteiger partial charge in [0.1, 0.15) is 0 Å². The Morgan fingerprint density at radius 1 is 1.30 bits per heavy atom. The fourth-order valence-electron chi connectivity index (χ4n) is 3.19. The predicted molar refractivity (Wildman–Crippen MR) is 89.4 cm³/mol. The quantitative estimate of drug-likeness (QED) is 0.747. The molecule has 2 aliphatic heterocycles. The van der Waals surface area contributed by atoms with Crippen LogP contribution in [-0.4, -0.2) is 17.0 Å². The van der Waals surface area contributed by atoms with E-state index in [4.69, 9.17) is 4.74 Å². The number of rotatable bonds is 2. The van der Waals surface area contributed by atoms with Gasteiger partial charge < -0.3 is 0 Å². The first-order valence-electron chi connectivity index (χ1n) is 7.77. The monoisotopic (exact) mass is 425 g/mol. The Balaban J connectivity index is 1.76. The molecule has 4 heteroatoms. The number of aromatic nitrogens is 1. The van der Waals surface area contributed by atoms with Crippen molar-refractivity contribution >= 4 is 16.8 Å². The molecule has 2 aliphatic rings.